The summed E-state index contributed by atoms with van der Waals surface area (Å²) in [7, 11) is 0. The van der Waals surface area contributed by atoms with Crippen molar-refractivity contribution in [1.29, 1.82) is 0 Å². The summed E-state index contributed by atoms with van der Waals surface area (Å²) in [5, 5.41) is 7.10. The number of nitrogens with one attached hydrogen (secondary N) is 1. The summed E-state index contributed by atoms with van der Waals surface area (Å²) in [6.45, 7) is 3.97. The number of H-pyrrole nitrogens is 1. The normalized spacial score (nSPS) is 17.3. The number of aromatic amines is 1. The molecule has 4 aromatic heterocycles. The quantitative estimate of drug-likeness (QED) is 0.210. The van der Waals surface area contributed by atoms with Crippen LogP contribution in [-0.2, 0) is 30.6 Å². The first kappa shape index (κ1) is 31.2. The standard InChI is InChI=1S/C30H27ClF5N9O2/c31-19-2-1-17(22(33)12-19)16-47-28-21(32)3-4-24(39-28)44-8-6-43(7-9-44)15-25-38-23-11-18(26-40-29(42-41-26)30(34,35)36)13-37-27(23)45(25)14-20-5-10-46-20/h1-4,11-13,20H,5-10,14-16H2,(H,40,41,42). The number of hydrogen-bond donors (Lipinski definition) is 1. The zero-order chi connectivity index (χ0) is 32.7. The third-order valence-electron chi connectivity index (χ3n) is 8.11. The molecular formula is C30H27ClF5N9O2. The predicted molar refractivity (Wildman–Crippen MR) is 160 cm³/mol. The highest BCUT2D eigenvalue weighted by Gasteiger charge is 2.35. The average Bonchev–Trinajstić information content (AvgIpc) is 3.65. The maximum atomic E-state index is 14.5. The first-order valence-corrected chi connectivity index (χ1v) is 15.2. The fourth-order valence-corrected chi connectivity index (χ4v) is 5.62. The van der Waals surface area contributed by atoms with E-state index in [4.69, 9.17) is 26.1 Å². The zero-order valence-corrected chi connectivity index (χ0v) is 25.4. The molecular weight excluding hydrogens is 649 g/mol. The predicted octanol–water partition coefficient (Wildman–Crippen LogP) is 5.25. The summed E-state index contributed by atoms with van der Waals surface area (Å²) < 4.78 is 81.0. The number of piperazine rings is 1. The molecule has 11 nitrogen and oxygen atoms in total. The maximum Gasteiger partial charge on any atom is 0.451 e. The van der Waals surface area contributed by atoms with Gasteiger partial charge in [-0.15, -0.1) is 10.2 Å². The van der Waals surface area contributed by atoms with E-state index in [2.05, 4.69) is 30.0 Å². The van der Waals surface area contributed by atoms with Gasteiger partial charge in [-0.1, -0.05) is 17.7 Å². The molecule has 7 rings (SSSR count). The molecule has 0 radical (unpaired) electrons. The summed E-state index contributed by atoms with van der Waals surface area (Å²) in [5.41, 5.74) is 1.67. The number of ether oxygens (including phenoxy) is 2. The van der Waals surface area contributed by atoms with Crippen LogP contribution in [0.2, 0.25) is 5.02 Å². The van der Waals surface area contributed by atoms with Crippen molar-refractivity contribution in [3.05, 3.63) is 76.5 Å². The van der Waals surface area contributed by atoms with Gasteiger partial charge in [0.2, 0.25) is 5.82 Å². The Labute approximate surface area is 269 Å². The molecule has 17 heteroatoms. The van der Waals surface area contributed by atoms with Crippen molar-refractivity contribution in [3.8, 4) is 17.3 Å². The molecule has 2 aliphatic rings. The monoisotopic (exact) mass is 675 g/mol. The van der Waals surface area contributed by atoms with Crippen LogP contribution >= 0.6 is 11.6 Å². The lowest BCUT2D eigenvalue weighted by molar-refractivity contribution is -0.144. The van der Waals surface area contributed by atoms with Crippen molar-refractivity contribution in [3.63, 3.8) is 0 Å². The van der Waals surface area contributed by atoms with Crippen LogP contribution in [0.25, 0.3) is 22.6 Å². The number of imidazole rings is 1. The van der Waals surface area contributed by atoms with E-state index < -0.39 is 23.6 Å². The molecule has 0 spiro atoms. The number of aromatic nitrogens is 7. The van der Waals surface area contributed by atoms with Crippen molar-refractivity contribution >= 4 is 28.6 Å². The number of pyridine rings is 2. The van der Waals surface area contributed by atoms with E-state index in [-0.39, 0.29) is 35.0 Å². The van der Waals surface area contributed by atoms with Crippen LogP contribution in [0.4, 0.5) is 27.8 Å². The molecule has 1 N–H and O–H groups in total. The summed E-state index contributed by atoms with van der Waals surface area (Å²) in [4.78, 5) is 20.1. The number of benzene rings is 1. The van der Waals surface area contributed by atoms with Gasteiger partial charge in [0.05, 0.1) is 19.2 Å². The van der Waals surface area contributed by atoms with Crippen LogP contribution in [0.15, 0.2) is 42.6 Å². The van der Waals surface area contributed by atoms with Crippen molar-refractivity contribution in [1.82, 2.24) is 39.6 Å². The molecule has 0 bridgehead atoms. The minimum absolute atomic E-state index is 0.0187. The highest BCUT2D eigenvalue weighted by molar-refractivity contribution is 6.30. The third kappa shape index (κ3) is 6.71. The Morgan fingerprint density at radius 3 is 2.51 bits per heavy atom. The molecule has 5 aromatic rings. The van der Waals surface area contributed by atoms with Crippen molar-refractivity contribution in [2.75, 3.05) is 37.7 Å². The number of hydrogen-bond acceptors (Lipinski definition) is 9. The number of rotatable bonds is 9. The van der Waals surface area contributed by atoms with Crippen LogP contribution in [0, 0.1) is 11.6 Å². The summed E-state index contributed by atoms with van der Waals surface area (Å²) in [6, 6.07) is 8.67. The lowest BCUT2D eigenvalue weighted by atomic mass is 10.2. The molecule has 1 aromatic carbocycles. The Morgan fingerprint density at radius 2 is 1.81 bits per heavy atom. The van der Waals surface area contributed by atoms with Crippen molar-refractivity contribution in [2.24, 2.45) is 0 Å². The lowest BCUT2D eigenvalue weighted by Crippen LogP contribution is -2.46. The molecule has 2 aliphatic heterocycles. The molecule has 246 valence electrons. The van der Waals surface area contributed by atoms with E-state index in [1.54, 1.807) is 12.1 Å². The van der Waals surface area contributed by atoms with Crippen LogP contribution in [0.1, 0.15) is 23.6 Å². The van der Waals surface area contributed by atoms with Gasteiger partial charge in [-0.2, -0.15) is 18.2 Å². The molecule has 0 amide bonds. The summed E-state index contributed by atoms with van der Waals surface area (Å²) in [5.74, 6) is -1.40. The van der Waals surface area contributed by atoms with Gasteiger partial charge >= 0.3 is 6.18 Å². The van der Waals surface area contributed by atoms with E-state index in [1.807, 2.05) is 9.47 Å². The van der Waals surface area contributed by atoms with E-state index in [1.165, 1.54) is 30.5 Å². The van der Waals surface area contributed by atoms with Gasteiger partial charge in [0, 0.05) is 55.1 Å². The van der Waals surface area contributed by atoms with Crippen LogP contribution < -0.4 is 9.64 Å². The second-order valence-electron chi connectivity index (χ2n) is 11.3. The smallest absolute Gasteiger partial charge is 0.451 e. The van der Waals surface area contributed by atoms with Crippen LogP contribution in [-0.4, -0.2) is 78.5 Å². The molecule has 2 saturated heterocycles. The SMILES string of the molecule is Fc1cc(Cl)ccc1COc1nc(N2CCN(Cc3nc4cc(-c5nnc(C(F)(F)F)[nH]5)cnc4n3CC3CCO3)CC2)ccc1F. The Morgan fingerprint density at radius 1 is 1.00 bits per heavy atom. The van der Waals surface area contributed by atoms with Gasteiger partial charge in [-0.3, -0.25) is 4.90 Å². The van der Waals surface area contributed by atoms with Gasteiger partial charge in [0.15, 0.2) is 17.3 Å². The Bertz CT molecular complexity index is 1900. The minimum Gasteiger partial charge on any atom is -0.471 e. The molecule has 1 unspecified atom stereocenters. The van der Waals surface area contributed by atoms with E-state index >= 15 is 0 Å². The van der Waals surface area contributed by atoms with Crippen LogP contribution in [0.5, 0.6) is 5.88 Å². The lowest BCUT2D eigenvalue weighted by Gasteiger charge is -2.35. The number of anilines is 1. The van der Waals surface area contributed by atoms with Crippen molar-refractivity contribution < 1.29 is 31.4 Å². The van der Waals surface area contributed by atoms with E-state index in [0.29, 0.717) is 68.4 Å². The molecule has 2 fully saturated rings. The molecule has 0 aliphatic carbocycles. The number of nitrogens with zero attached hydrogens (tertiary/aromatic N) is 8. The van der Waals surface area contributed by atoms with Gasteiger partial charge in [-0.05, 0) is 36.8 Å². The fourth-order valence-electron chi connectivity index (χ4n) is 5.46. The Balaban J connectivity index is 1.04. The first-order chi connectivity index (χ1) is 22.6. The Hall–Kier alpha value is -4.41. The first-order valence-electron chi connectivity index (χ1n) is 14.8. The van der Waals surface area contributed by atoms with Gasteiger partial charge in [0.1, 0.15) is 29.6 Å². The second-order valence-corrected chi connectivity index (χ2v) is 11.7. The average molecular weight is 676 g/mol. The second kappa shape index (κ2) is 12.7. The van der Waals surface area contributed by atoms with Gasteiger partial charge < -0.3 is 23.9 Å². The number of fused-ring (bicyclic) bond motifs is 1. The fraction of sp³-hybridized carbons (Fsp3) is 0.367. The Kier molecular flexibility index (Phi) is 8.40. The minimum atomic E-state index is -4.65. The summed E-state index contributed by atoms with van der Waals surface area (Å²) in [6.07, 6.45) is -2.28. The number of halogens is 6. The van der Waals surface area contributed by atoms with Crippen molar-refractivity contribution in [2.45, 2.75) is 38.4 Å². The highest BCUT2D eigenvalue weighted by Crippen LogP contribution is 2.29. The molecule has 47 heavy (non-hydrogen) atoms. The highest BCUT2D eigenvalue weighted by atomic mass is 35.5. The van der Waals surface area contributed by atoms with Gasteiger partial charge in [-0.25, -0.2) is 18.7 Å². The summed E-state index contributed by atoms with van der Waals surface area (Å²) >= 11 is 5.81. The molecule has 6 heterocycles. The van der Waals surface area contributed by atoms with Crippen LogP contribution in [0.3, 0.4) is 0 Å². The third-order valence-corrected chi connectivity index (χ3v) is 8.35. The van der Waals surface area contributed by atoms with E-state index in [0.717, 1.165) is 12.2 Å². The molecule has 0 saturated carbocycles. The maximum absolute atomic E-state index is 14.5. The largest absolute Gasteiger partial charge is 0.471 e. The zero-order valence-electron chi connectivity index (χ0n) is 24.6. The molecule has 1 atom stereocenters. The van der Waals surface area contributed by atoms with Gasteiger partial charge in [0.25, 0.3) is 5.88 Å². The van der Waals surface area contributed by atoms with E-state index in [9.17, 15) is 22.0 Å². The number of alkyl halides is 3. The topological polar surface area (TPSA) is 110 Å².